The monoisotopic (exact) mass is 339 g/mol. The number of likely N-dealkylation sites (tertiary alicyclic amines) is 1. The van der Waals surface area contributed by atoms with Crippen molar-refractivity contribution in [1.82, 2.24) is 15.5 Å². The topological polar surface area (TPSA) is 64.6 Å². The number of aliphatic hydroxyl groups is 1. The highest BCUT2D eigenvalue weighted by atomic mass is 16.3. The molecule has 0 aromatic rings. The Morgan fingerprint density at radius 3 is 2.42 bits per heavy atom. The van der Waals surface area contributed by atoms with Crippen molar-refractivity contribution in [1.29, 1.82) is 0 Å². The van der Waals surface area contributed by atoms with Crippen LogP contribution in [0.25, 0.3) is 0 Å². The maximum absolute atomic E-state index is 12.1. The number of hydrogen-bond donors (Lipinski definition) is 3. The first kappa shape index (κ1) is 19.5. The van der Waals surface area contributed by atoms with Crippen molar-refractivity contribution in [3.05, 3.63) is 0 Å². The summed E-state index contributed by atoms with van der Waals surface area (Å²) in [6, 6.07) is -0.0822. The van der Waals surface area contributed by atoms with Gasteiger partial charge in [-0.15, -0.1) is 0 Å². The van der Waals surface area contributed by atoms with Gasteiger partial charge in [-0.1, -0.05) is 20.3 Å². The Hall–Kier alpha value is -0.810. The Morgan fingerprint density at radius 1 is 1.12 bits per heavy atom. The van der Waals surface area contributed by atoms with Crippen molar-refractivity contribution in [2.24, 2.45) is 17.8 Å². The average Bonchev–Trinajstić information content (AvgIpc) is 2.50. The summed E-state index contributed by atoms with van der Waals surface area (Å²) in [6.45, 7) is 12.6. The molecule has 1 saturated heterocycles. The SMILES string of the molecule is CC1CC(C)CN(C(C)(C)CNC(=O)NCC2CCCC(O)C2)C1. The summed E-state index contributed by atoms with van der Waals surface area (Å²) in [5, 5.41) is 15.7. The van der Waals surface area contributed by atoms with Gasteiger partial charge in [-0.25, -0.2) is 4.79 Å². The predicted octanol–water partition coefficient (Wildman–Crippen LogP) is 2.59. The lowest BCUT2D eigenvalue weighted by atomic mass is 9.87. The van der Waals surface area contributed by atoms with E-state index in [4.69, 9.17) is 0 Å². The molecule has 0 radical (unpaired) electrons. The van der Waals surface area contributed by atoms with Crippen LogP contribution >= 0.6 is 0 Å². The van der Waals surface area contributed by atoms with Crippen LogP contribution in [0.2, 0.25) is 0 Å². The van der Waals surface area contributed by atoms with Crippen LogP contribution in [-0.4, -0.2) is 53.9 Å². The van der Waals surface area contributed by atoms with Crippen LogP contribution < -0.4 is 10.6 Å². The molecule has 3 N–H and O–H groups in total. The number of carbonyl (C=O) groups is 1. The first-order valence-corrected chi connectivity index (χ1v) is 9.71. The summed E-state index contributed by atoms with van der Waals surface area (Å²) in [6.07, 6.45) is 5.00. The third-order valence-electron chi connectivity index (χ3n) is 5.71. The van der Waals surface area contributed by atoms with Crippen molar-refractivity contribution in [3.63, 3.8) is 0 Å². The predicted molar refractivity (Wildman–Crippen MR) is 98.0 cm³/mol. The summed E-state index contributed by atoms with van der Waals surface area (Å²) in [7, 11) is 0. The van der Waals surface area contributed by atoms with E-state index in [1.807, 2.05) is 0 Å². The molecule has 5 nitrogen and oxygen atoms in total. The molecule has 2 aliphatic rings. The fourth-order valence-electron chi connectivity index (χ4n) is 4.31. The largest absolute Gasteiger partial charge is 0.393 e. The van der Waals surface area contributed by atoms with Crippen molar-refractivity contribution < 1.29 is 9.90 Å². The van der Waals surface area contributed by atoms with E-state index >= 15 is 0 Å². The lowest BCUT2D eigenvalue weighted by Crippen LogP contribution is -2.57. The van der Waals surface area contributed by atoms with Gasteiger partial charge in [0, 0.05) is 31.7 Å². The van der Waals surface area contributed by atoms with Crippen LogP contribution in [0.4, 0.5) is 4.79 Å². The molecule has 2 fully saturated rings. The molecule has 1 aliphatic carbocycles. The third-order valence-corrected chi connectivity index (χ3v) is 5.71. The van der Waals surface area contributed by atoms with Crippen LogP contribution in [0.3, 0.4) is 0 Å². The van der Waals surface area contributed by atoms with Gasteiger partial charge in [0.2, 0.25) is 0 Å². The summed E-state index contributed by atoms with van der Waals surface area (Å²) < 4.78 is 0. The smallest absolute Gasteiger partial charge is 0.314 e. The van der Waals surface area contributed by atoms with Gasteiger partial charge in [-0.3, -0.25) is 4.90 Å². The number of aliphatic hydroxyl groups excluding tert-OH is 1. The van der Waals surface area contributed by atoms with Gasteiger partial charge in [0.25, 0.3) is 0 Å². The van der Waals surface area contributed by atoms with E-state index in [0.717, 1.165) is 50.6 Å². The van der Waals surface area contributed by atoms with E-state index in [2.05, 4.69) is 43.2 Å². The summed E-state index contributed by atoms with van der Waals surface area (Å²) >= 11 is 0. The molecule has 2 rings (SSSR count). The lowest BCUT2D eigenvalue weighted by molar-refractivity contribution is 0.0472. The number of amides is 2. The number of nitrogens with zero attached hydrogens (tertiary/aromatic N) is 1. The summed E-state index contributed by atoms with van der Waals surface area (Å²) in [5.41, 5.74) is -0.0265. The number of carbonyl (C=O) groups excluding carboxylic acids is 1. The van der Waals surface area contributed by atoms with E-state index in [9.17, 15) is 9.90 Å². The minimum atomic E-state index is -0.185. The molecule has 0 aromatic heterocycles. The van der Waals surface area contributed by atoms with Crippen LogP contribution in [0, 0.1) is 17.8 Å². The zero-order chi connectivity index (χ0) is 17.7. The number of hydrogen-bond acceptors (Lipinski definition) is 3. The molecule has 24 heavy (non-hydrogen) atoms. The molecule has 0 bridgehead atoms. The Labute approximate surface area is 147 Å². The molecule has 0 aromatic carbocycles. The third kappa shape index (κ3) is 5.92. The van der Waals surface area contributed by atoms with Crippen LogP contribution in [0.15, 0.2) is 0 Å². The second-order valence-corrected chi connectivity index (χ2v) is 8.91. The fraction of sp³-hybridized carbons (Fsp3) is 0.947. The lowest BCUT2D eigenvalue weighted by Gasteiger charge is -2.45. The normalized spacial score (nSPS) is 32.4. The molecule has 4 unspecified atom stereocenters. The minimum Gasteiger partial charge on any atom is -0.393 e. The van der Waals surface area contributed by atoms with E-state index < -0.39 is 0 Å². The standard InChI is InChI=1S/C19H37N3O2/c1-14-8-15(2)12-22(11-14)19(3,4)13-21-18(24)20-10-16-6-5-7-17(23)9-16/h14-17,23H,5-13H2,1-4H3,(H2,20,21,24). The zero-order valence-corrected chi connectivity index (χ0v) is 16.0. The zero-order valence-electron chi connectivity index (χ0n) is 16.0. The molecule has 5 heteroatoms. The van der Waals surface area contributed by atoms with Crippen LogP contribution in [-0.2, 0) is 0 Å². The Bertz CT molecular complexity index is 403. The molecule has 1 heterocycles. The molecular weight excluding hydrogens is 302 g/mol. The average molecular weight is 340 g/mol. The molecule has 0 spiro atoms. The van der Waals surface area contributed by atoms with Gasteiger partial charge in [0.15, 0.2) is 0 Å². The highest BCUT2D eigenvalue weighted by Crippen LogP contribution is 2.27. The summed E-state index contributed by atoms with van der Waals surface area (Å²) in [4.78, 5) is 14.6. The molecule has 140 valence electrons. The number of rotatable bonds is 5. The van der Waals surface area contributed by atoms with E-state index in [1.54, 1.807) is 0 Å². The molecule has 4 atom stereocenters. The van der Waals surface area contributed by atoms with Crippen molar-refractivity contribution in [2.45, 2.75) is 71.4 Å². The Balaban J connectivity index is 1.71. The highest BCUT2D eigenvalue weighted by molar-refractivity contribution is 5.73. The second-order valence-electron chi connectivity index (χ2n) is 8.91. The van der Waals surface area contributed by atoms with E-state index in [0.29, 0.717) is 19.0 Å². The van der Waals surface area contributed by atoms with Crippen molar-refractivity contribution in [2.75, 3.05) is 26.2 Å². The Morgan fingerprint density at radius 2 is 1.79 bits per heavy atom. The highest BCUT2D eigenvalue weighted by Gasteiger charge is 2.33. The molecular formula is C19H37N3O2. The van der Waals surface area contributed by atoms with Gasteiger partial charge in [-0.05, 0) is 57.3 Å². The number of piperidine rings is 1. The van der Waals surface area contributed by atoms with Gasteiger partial charge < -0.3 is 15.7 Å². The van der Waals surface area contributed by atoms with E-state index in [-0.39, 0.29) is 17.7 Å². The number of nitrogens with one attached hydrogen (secondary N) is 2. The first-order valence-electron chi connectivity index (χ1n) is 9.71. The van der Waals surface area contributed by atoms with Gasteiger partial charge in [0.1, 0.15) is 0 Å². The van der Waals surface area contributed by atoms with Crippen molar-refractivity contribution >= 4 is 6.03 Å². The second kappa shape index (κ2) is 8.52. The maximum atomic E-state index is 12.1. The van der Waals surface area contributed by atoms with Crippen LogP contribution in [0.5, 0.6) is 0 Å². The first-order chi connectivity index (χ1) is 11.3. The van der Waals surface area contributed by atoms with Gasteiger partial charge >= 0.3 is 6.03 Å². The minimum absolute atomic E-state index is 0.0265. The quantitative estimate of drug-likeness (QED) is 0.721. The molecule has 2 amide bonds. The number of urea groups is 1. The van der Waals surface area contributed by atoms with E-state index in [1.165, 1.54) is 6.42 Å². The summed E-state index contributed by atoms with van der Waals surface area (Å²) in [5.74, 6) is 1.86. The Kier molecular flexibility index (Phi) is 6.93. The molecule has 1 aliphatic heterocycles. The van der Waals surface area contributed by atoms with Crippen LogP contribution in [0.1, 0.15) is 59.8 Å². The molecule has 1 saturated carbocycles. The van der Waals surface area contributed by atoms with Gasteiger partial charge in [-0.2, -0.15) is 0 Å². The van der Waals surface area contributed by atoms with Crippen molar-refractivity contribution in [3.8, 4) is 0 Å². The fourth-order valence-corrected chi connectivity index (χ4v) is 4.31. The van der Waals surface area contributed by atoms with Gasteiger partial charge in [0.05, 0.1) is 6.10 Å². The maximum Gasteiger partial charge on any atom is 0.314 e.